The van der Waals surface area contributed by atoms with Crippen LogP contribution in [0, 0.1) is 0 Å². The predicted molar refractivity (Wildman–Crippen MR) is 59.6 cm³/mol. The zero-order chi connectivity index (χ0) is 10.7. The molecule has 80 valence electrons. The van der Waals surface area contributed by atoms with Crippen molar-refractivity contribution in [2.24, 2.45) is 0 Å². The first-order valence-corrected chi connectivity index (χ1v) is 5.44. The average molecular weight is 226 g/mol. The minimum Gasteiger partial charge on any atom is -0.491 e. The molecule has 15 heavy (non-hydrogen) atoms. The number of amides is 1. The Balaban J connectivity index is 2.38. The predicted octanol–water partition coefficient (Wildman–Crippen LogP) is 2.04. The van der Waals surface area contributed by atoms with Crippen molar-refractivity contribution in [1.82, 2.24) is 0 Å². The highest BCUT2D eigenvalue weighted by Crippen LogP contribution is 2.30. The maximum absolute atomic E-state index is 11.8. The summed E-state index contributed by atoms with van der Waals surface area (Å²) in [6, 6.07) is 7.54. The van der Waals surface area contributed by atoms with Crippen molar-refractivity contribution in [3.05, 3.63) is 24.3 Å². The van der Waals surface area contributed by atoms with E-state index < -0.39 is 0 Å². The number of fused-ring (bicyclic) bond motifs is 1. The van der Waals surface area contributed by atoms with Gasteiger partial charge in [0.2, 0.25) is 5.91 Å². The monoisotopic (exact) mass is 225 g/mol. The van der Waals surface area contributed by atoms with Crippen molar-refractivity contribution in [2.45, 2.75) is 6.42 Å². The van der Waals surface area contributed by atoms with Crippen molar-refractivity contribution >= 4 is 23.2 Å². The van der Waals surface area contributed by atoms with Crippen LogP contribution in [-0.2, 0) is 4.79 Å². The number of benzene rings is 1. The van der Waals surface area contributed by atoms with Crippen LogP contribution in [0.2, 0.25) is 0 Å². The molecule has 0 fully saturated rings. The second-order valence-electron chi connectivity index (χ2n) is 3.30. The highest BCUT2D eigenvalue weighted by molar-refractivity contribution is 6.18. The molecule has 1 aromatic carbocycles. The van der Waals surface area contributed by atoms with E-state index in [0.717, 1.165) is 11.4 Å². The molecule has 3 nitrogen and oxygen atoms in total. The van der Waals surface area contributed by atoms with Gasteiger partial charge in [0.25, 0.3) is 0 Å². The number of rotatable bonds is 2. The molecule has 1 amide bonds. The molecule has 0 bridgehead atoms. The summed E-state index contributed by atoms with van der Waals surface area (Å²) in [4.78, 5) is 13.4. The molecule has 0 N–H and O–H groups in total. The van der Waals surface area contributed by atoms with Gasteiger partial charge in [0, 0.05) is 12.4 Å². The van der Waals surface area contributed by atoms with E-state index in [1.54, 1.807) is 4.90 Å². The summed E-state index contributed by atoms with van der Waals surface area (Å²) in [5.41, 5.74) is 0.820. The van der Waals surface area contributed by atoms with E-state index in [4.69, 9.17) is 16.3 Å². The van der Waals surface area contributed by atoms with Gasteiger partial charge < -0.3 is 9.64 Å². The van der Waals surface area contributed by atoms with Gasteiger partial charge in [-0.25, -0.2) is 0 Å². The van der Waals surface area contributed by atoms with Crippen LogP contribution in [-0.4, -0.2) is 24.9 Å². The minimum atomic E-state index is 0.0700. The van der Waals surface area contributed by atoms with Crippen LogP contribution < -0.4 is 9.64 Å². The van der Waals surface area contributed by atoms with Gasteiger partial charge in [0.05, 0.1) is 18.7 Å². The molecular weight excluding hydrogens is 214 g/mol. The molecule has 4 heteroatoms. The van der Waals surface area contributed by atoms with Crippen molar-refractivity contribution in [2.75, 3.05) is 23.9 Å². The molecule has 1 heterocycles. The van der Waals surface area contributed by atoms with Gasteiger partial charge >= 0.3 is 0 Å². The molecule has 1 aliphatic heterocycles. The van der Waals surface area contributed by atoms with E-state index in [9.17, 15) is 4.79 Å². The normalized spacial score (nSPS) is 15.5. The molecule has 0 unspecified atom stereocenters. The maximum atomic E-state index is 11.8. The largest absolute Gasteiger partial charge is 0.491 e. The fourth-order valence-electron chi connectivity index (χ4n) is 1.65. The summed E-state index contributed by atoms with van der Waals surface area (Å²) in [6.45, 7) is 0.968. The van der Waals surface area contributed by atoms with E-state index in [-0.39, 0.29) is 5.91 Å². The topological polar surface area (TPSA) is 29.5 Å². The van der Waals surface area contributed by atoms with Gasteiger partial charge in [0.1, 0.15) is 5.75 Å². The van der Waals surface area contributed by atoms with Gasteiger partial charge in [-0.05, 0) is 12.1 Å². The zero-order valence-corrected chi connectivity index (χ0v) is 9.04. The van der Waals surface area contributed by atoms with Gasteiger partial charge in [-0.2, -0.15) is 0 Å². The molecule has 0 radical (unpaired) electrons. The number of carbonyl (C=O) groups excluding carboxylic acids is 1. The molecule has 1 aliphatic rings. The highest BCUT2D eigenvalue weighted by Gasteiger charge is 2.21. The molecule has 0 aromatic heterocycles. The second kappa shape index (κ2) is 4.53. The van der Waals surface area contributed by atoms with Crippen molar-refractivity contribution in [1.29, 1.82) is 0 Å². The van der Waals surface area contributed by atoms with Gasteiger partial charge in [-0.15, -0.1) is 11.6 Å². The molecule has 0 saturated heterocycles. The van der Waals surface area contributed by atoms with Gasteiger partial charge in [-0.3, -0.25) is 4.79 Å². The summed E-state index contributed by atoms with van der Waals surface area (Å²) >= 11 is 5.69. The number of nitrogens with zero attached hydrogens (tertiary/aromatic N) is 1. The first-order chi connectivity index (χ1) is 7.33. The number of hydrogen-bond donors (Lipinski definition) is 0. The fourth-order valence-corrected chi connectivity index (χ4v) is 1.82. The third-order valence-electron chi connectivity index (χ3n) is 2.34. The summed E-state index contributed by atoms with van der Waals surface area (Å²) in [5, 5.41) is 0. The summed E-state index contributed by atoms with van der Waals surface area (Å²) in [6.07, 6.45) is 0.408. The van der Waals surface area contributed by atoms with E-state index in [1.807, 2.05) is 24.3 Å². The standard InChI is InChI=1S/C11H12ClNO2/c12-6-7-13-9-3-1-2-4-10(9)15-8-5-11(13)14/h1-4H,5-8H2. The molecule has 0 aliphatic carbocycles. The average Bonchev–Trinajstić information content (AvgIpc) is 2.40. The van der Waals surface area contributed by atoms with Crippen molar-refractivity contribution < 1.29 is 9.53 Å². The van der Waals surface area contributed by atoms with E-state index in [0.29, 0.717) is 25.5 Å². The van der Waals surface area contributed by atoms with Crippen LogP contribution in [0.1, 0.15) is 6.42 Å². The molecule has 1 aromatic rings. The molecule has 2 rings (SSSR count). The van der Waals surface area contributed by atoms with Crippen LogP contribution in [0.5, 0.6) is 5.75 Å². The number of carbonyl (C=O) groups is 1. The number of hydrogen-bond acceptors (Lipinski definition) is 2. The lowest BCUT2D eigenvalue weighted by Crippen LogP contribution is -2.31. The number of para-hydroxylation sites is 2. The van der Waals surface area contributed by atoms with Crippen molar-refractivity contribution in [3.63, 3.8) is 0 Å². The van der Waals surface area contributed by atoms with E-state index in [2.05, 4.69) is 0 Å². The third kappa shape index (κ3) is 2.07. The quantitative estimate of drug-likeness (QED) is 0.721. The summed E-state index contributed by atoms with van der Waals surface area (Å²) in [5.74, 6) is 1.26. The molecule has 0 spiro atoms. The summed E-state index contributed by atoms with van der Waals surface area (Å²) in [7, 11) is 0. The van der Waals surface area contributed by atoms with Crippen LogP contribution in [0.15, 0.2) is 24.3 Å². The highest BCUT2D eigenvalue weighted by atomic mass is 35.5. The Hall–Kier alpha value is -1.22. The van der Waals surface area contributed by atoms with Crippen LogP contribution in [0.25, 0.3) is 0 Å². The lowest BCUT2D eigenvalue weighted by atomic mass is 10.2. The molecule has 0 atom stereocenters. The Morgan fingerprint density at radius 2 is 2.20 bits per heavy atom. The smallest absolute Gasteiger partial charge is 0.230 e. The first-order valence-electron chi connectivity index (χ1n) is 4.91. The Labute approximate surface area is 93.6 Å². The lowest BCUT2D eigenvalue weighted by molar-refractivity contribution is -0.118. The third-order valence-corrected chi connectivity index (χ3v) is 2.51. The zero-order valence-electron chi connectivity index (χ0n) is 8.28. The lowest BCUT2D eigenvalue weighted by Gasteiger charge is -2.20. The van der Waals surface area contributed by atoms with Gasteiger partial charge in [-0.1, -0.05) is 12.1 Å². The number of halogens is 1. The number of ether oxygens (including phenoxy) is 1. The van der Waals surface area contributed by atoms with E-state index in [1.165, 1.54) is 0 Å². The van der Waals surface area contributed by atoms with Crippen LogP contribution >= 0.6 is 11.6 Å². The number of alkyl halides is 1. The van der Waals surface area contributed by atoms with Crippen LogP contribution in [0.3, 0.4) is 0 Å². The Morgan fingerprint density at radius 3 is 3.00 bits per heavy atom. The maximum Gasteiger partial charge on any atom is 0.230 e. The first kappa shape index (κ1) is 10.3. The Kier molecular flexibility index (Phi) is 3.11. The minimum absolute atomic E-state index is 0.0700. The van der Waals surface area contributed by atoms with Crippen molar-refractivity contribution in [3.8, 4) is 5.75 Å². The number of anilines is 1. The van der Waals surface area contributed by atoms with Gasteiger partial charge in [0.15, 0.2) is 0 Å². The summed E-state index contributed by atoms with van der Waals surface area (Å²) < 4.78 is 5.49. The fraction of sp³-hybridized carbons (Fsp3) is 0.364. The van der Waals surface area contributed by atoms with Crippen LogP contribution in [0.4, 0.5) is 5.69 Å². The molecular formula is C11H12ClNO2. The SMILES string of the molecule is O=C1CCOc2ccccc2N1CCCl. The second-order valence-corrected chi connectivity index (χ2v) is 3.68. The molecule has 0 saturated carbocycles. The Morgan fingerprint density at radius 1 is 1.40 bits per heavy atom. The van der Waals surface area contributed by atoms with E-state index >= 15 is 0 Å². The Bertz CT molecular complexity index is 367.